The lowest BCUT2D eigenvalue weighted by atomic mass is 9.90. The molecule has 0 aromatic heterocycles. The summed E-state index contributed by atoms with van der Waals surface area (Å²) in [7, 11) is 0. The molecule has 0 aliphatic heterocycles. The van der Waals surface area contributed by atoms with E-state index in [-0.39, 0.29) is 0 Å². The molecule has 88 valence electrons. The molecule has 18 heavy (non-hydrogen) atoms. The maximum Gasteiger partial charge on any atom is 0.0309 e. The molecule has 0 bridgehead atoms. The maximum absolute atomic E-state index is 3.62. The van der Waals surface area contributed by atoms with E-state index in [2.05, 4.69) is 66.4 Å². The molecule has 0 amide bonds. The Bertz CT molecular complexity index is 537. The molecular weight excluding hydrogens is 216 g/mol. The average molecular weight is 232 g/mol. The van der Waals surface area contributed by atoms with Crippen LogP contribution in [0.25, 0.3) is 5.57 Å². The van der Waals surface area contributed by atoms with Gasteiger partial charge in [0.15, 0.2) is 0 Å². The van der Waals surface area contributed by atoms with Crippen LogP contribution >= 0.6 is 0 Å². The molecule has 0 radical (unpaired) electrons. The smallest absolute Gasteiger partial charge is 0.0309 e. The second-order valence-electron chi connectivity index (χ2n) is 4.69. The van der Waals surface area contributed by atoms with Gasteiger partial charge in [-0.2, -0.15) is 0 Å². The molecule has 0 N–H and O–H groups in total. The zero-order valence-corrected chi connectivity index (χ0v) is 10.4. The van der Waals surface area contributed by atoms with E-state index in [9.17, 15) is 0 Å². The van der Waals surface area contributed by atoms with Crippen molar-refractivity contribution in [3.8, 4) is 0 Å². The van der Waals surface area contributed by atoms with Crippen LogP contribution in [0.3, 0.4) is 0 Å². The summed E-state index contributed by atoms with van der Waals surface area (Å²) in [6.45, 7) is 0. The van der Waals surface area contributed by atoms with Crippen molar-refractivity contribution < 1.29 is 0 Å². The third-order valence-electron chi connectivity index (χ3n) is 3.38. The average Bonchev–Trinajstić information content (AvgIpc) is 2.40. The van der Waals surface area contributed by atoms with Crippen LogP contribution in [0.15, 0.2) is 72.0 Å². The van der Waals surface area contributed by atoms with Gasteiger partial charge in [0.1, 0.15) is 0 Å². The summed E-state index contributed by atoms with van der Waals surface area (Å²) in [4.78, 5) is 0. The van der Waals surface area contributed by atoms with E-state index in [0.29, 0.717) is 0 Å². The quantitative estimate of drug-likeness (QED) is 0.651. The van der Waals surface area contributed by atoms with Crippen molar-refractivity contribution in [2.75, 3.05) is 0 Å². The zero-order chi connectivity index (χ0) is 12.2. The van der Waals surface area contributed by atoms with E-state index in [0.717, 1.165) is 0 Å². The summed E-state index contributed by atoms with van der Waals surface area (Å²) in [5, 5.41) is 0. The fourth-order valence-electron chi connectivity index (χ4n) is 2.18. The molecule has 3 rings (SSSR count). The zero-order valence-electron chi connectivity index (χ0n) is 10.4. The summed E-state index contributed by atoms with van der Waals surface area (Å²) in [5.41, 5.74) is 8.81. The van der Waals surface area contributed by atoms with Crippen LogP contribution in [0.1, 0.15) is 30.4 Å². The first-order valence-corrected chi connectivity index (χ1v) is 6.53. The van der Waals surface area contributed by atoms with Gasteiger partial charge in [-0.1, -0.05) is 60.7 Å². The molecule has 0 atom stereocenters. The van der Waals surface area contributed by atoms with Gasteiger partial charge in [0.05, 0.1) is 0 Å². The lowest BCUT2D eigenvalue weighted by molar-refractivity contribution is 0.665. The molecule has 1 aliphatic carbocycles. The SMILES string of the molecule is C(=C1CCC1)=C(c1ccccc1)c1ccccc1. The van der Waals surface area contributed by atoms with Crippen LogP contribution in [-0.2, 0) is 0 Å². The van der Waals surface area contributed by atoms with E-state index in [1.165, 1.54) is 41.5 Å². The second kappa shape index (κ2) is 5.08. The van der Waals surface area contributed by atoms with E-state index >= 15 is 0 Å². The predicted octanol–water partition coefficient (Wildman–Crippen LogP) is 4.83. The maximum atomic E-state index is 3.62. The Balaban J connectivity index is 2.14. The van der Waals surface area contributed by atoms with Crippen LogP contribution in [-0.4, -0.2) is 0 Å². The Kier molecular flexibility index (Phi) is 3.12. The molecule has 1 aliphatic rings. The fraction of sp³-hybridized carbons (Fsp3) is 0.167. The summed E-state index contributed by atoms with van der Waals surface area (Å²) in [6.07, 6.45) is 3.74. The largest absolute Gasteiger partial charge is 0.113 e. The lowest BCUT2D eigenvalue weighted by Gasteiger charge is -2.14. The molecule has 0 saturated heterocycles. The van der Waals surface area contributed by atoms with Crippen molar-refractivity contribution >= 4 is 5.57 Å². The first-order valence-electron chi connectivity index (χ1n) is 6.53. The molecule has 0 heteroatoms. The second-order valence-corrected chi connectivity index (χ2v) is 4.69. The van der Waals surface area contributed by atoms with Gasteiger partial charge in [-0.15, -0.1) is 5.73 Å². The minimum absolute atomic E-state index is 1.21. The van der Waals surface area contributed by atoms with Crippen LogP contribution in [0.2, 0.25) is 0 Å². The van der Waals surface area contributed by atoms with Crippen LogP contribution < -0.4 is 0 Å². The van der Waals surface area contributed by atoms with Gasteiger partial charge in [0.25, 0.3) is 0 Å². The standard InChI is InChI=1S/C18H16/c1-3-10-16(11-4-1)18(14-15-8-7-9-15)17-12-5-2-6-13-17/h1-6,10-13H,7-9H2. The number of benzene rings is 2. The molecule has 2 aromatic carbocycles. The van der Waals surface area contributed by atoms with Gasteiger partial charge in [0, 0.05) is 5.57 Å². The third-order valence-corrected chi connectivity index (χ3v) is 3.38. The summed E-state index contributed by atoms with van der Waals surface area (Å²) >= 11 is 0. The summed E-state index contributed by atoms with van der Waals surface area (Å²) in [6, 6.07) is 21.1. The van der Waals surface area contributed by atoms with Gasteiger partial charge in [-0.05, 0) is 36.0 Å². The van der Waals surface area contributed by atoms with E-state index < -0.39 is 0 Å². The normalized spacial score (nSPS) is 13.7. The molecule has 0 heterocycles. The summed E-state index contributed by atoms with van der Waals surface area (Å²) < 4.78 is 0. The molecule has 0 unspecified atom stereocenters. The van der Waals surface area contributed by atoms with Crippen LogP contribution in [0.4, 0.5) is 0 Å². The number of hydrogen-bond donors (Lipinski definition) is 0. The van der Waals surface area contributed by atoms with Crippen molar-refractivity contribution in [2.45, 2.75) is 19.3 Å². The Morgan fingerprint density at radius 1 is 0.722 bits per heavy atom. The predicted molar refractivity (Wildman–Crippen MR) is 76.3 cm³/mol. The highest BCUT2D eigenvalue weighted by Gasteiger charge is 2.09. The van der Waals surface area contributed by atoms with Crippen molar-refractivity contribution in [1.82, 2.24) is 0 Å². The highest BCUT2D eigenvalue weighted by molar-refractivity contribution is 5.79. The highest BCUT2D eigenvalue weighted by Crippen LogP contribution is 2.28. The first-order chi connectivity index (χ1) is 8.93. The van der Waals surface area contributed by atoms with Crippen LogP contribution in [0, 0.1) is 0 Å². The van der Waals surface area contributed by atoms with Gasteiger partial charge < -0.3 is 0 Å². The van der Waals surface area contributed by atoms with E-state index in [1.54, 1.807) is 0 Å². The van der Waals surface area contributed by atoms with Gasteiger partial charge >= 0.3 is 0 Å². The van der Waals surface area contributed by atoms with E-state index in [1.807, 2.05) is 0 Å². The molecule has 1 saturated carbocycles. The number of hydrogen-bond acceptors (Lipinski definition) is 0. The molecular formula is C18H16. The fourth-order valence-corrected chi connectivity index (χ4v) is 2.18. The monoisotopic (exact) mass is 232 g/mol. The topological polar surface area (TPSA) is 0 Å². The van der Waals surface area contributed by atoms with Crippen molar-refractivity contribution in [3.05, 3.63) is 83.1 Å². The minimum atomic E-state index is 1.21. The Hall–Kier alpha value is -2.04. The lowest BCUT2D eigenvalue weighted by Crippen LogP contribution is -1.95. The summed E-state index contributed by atoms with van der Waals surface area (Å²) in [5.74, 6) is 0. The molecule has 2 aromatic rings. The third kappa shape index (κ3) is 2.30. The van der Waals surface area contributed by atoms with Gasteiger partial charge in [0.2, 0.25) is 0 Å². The number of allylic oxidation sites excluding steroid dienone is 1. The Labute approximate surface area is 108 Å². The number of rotatable bonds is 2. The van der Waals surface area contributed by atoms with Crippen molar-refractivity contribution in [3.63, 3.8) is 0 Å². The van der Waals surface area contributed by atoms with Gasteiger partial charge in [-0.3, -0.25) is 0 Å². The van der Waals surface area contributed by atoms with Crippen LogP contribution in [0.5, 0.6) is 0 Å². The highest BCUT2D eigenvalue weighted by atomic mass is 14.1. The molecule has 0 spiro atoms. The van der Waals surface area contributed by atoms with Crippen molar-refractivity contribution in [2.24, 2.45) is 0 Å². The molecule has 0 nitrogen and oxygen atoms in total. The Morgan fingerprint density at radius 3 is 1.61 bits per heavy atom. The first kappa shape index (κ1) is 11.1. The van der Waals surface area contributed by atoms with Crippen molar-refractivity contribution in [1.29, 1.82) is 0 Å². The van der Waals surface area contributed by atoms with Gasteiger partial charge in [-0.25, -0.2) is 0 Å². The molecule has 1 fully saturated rings. The Morgan fingerprint density at radius 2 is 1.22 bits per heavy atom. The van der Waals surface area contributed by atoms with E-state index in [4.69, 9.17) is 0 Å². The minimum Gasteiger partial charge on any atom is -0.113 e.